The van der Waals surface area contributed by atoms with Crippen LogP contribution < -0.4 is 11.2 Å². The zero-order valence-electron chi connectivity index (χ0n) is 14.5. The molecular formula is C17H19N3O6. The maximum atomic E-state index is 12.3. The highest BCUT2D eigenvalue weighted by Crippen LogP contribution is 2.34. The summed E-state index contributed by atoms with van der Waals surface area (Å²) in [6.07, 6.45) is 4.72. The molecule has 1 aliphatic heterocycles. The SMILES string of the molecule is Cn1c(COC(=O)CN2C(=O)C3CC=CCC3C2=O)cc(=O)n(C)c1=O. The average Bonchev–Trinajstić information content (AvgIpc) is 2.87. The minimum absolute atomic E-state index is 0.225. The number of esters is 1. The number of rotatable bonds is 4. The Morgan fingerprint density at radius 3 is 2.19 bits per heavy atom. The molecule has 3 rings (SSSR count). The van der Waals surface area contributed by atoms with E-state index in [1.54, 1.807) is 0 Å². The molecule has 0 bridgehead atoms. The van der Waals surface area contributed by atoms with Crippen LogP contribution in [0.2, 0.25) is 0 Å². The monoisotopic (exact) mass is 361 g/mol. The lowest BCUT2D eigenvalue weighted by atomic mass is 9.85. The first-order valence-electron chi connectivity index (χ1n) is 8.23. The number of allylic oxidation sites excluding steroid dienone is 2. The number of aromatic nitrogens is 2. The zero-order chi connectivity index (χ0) is 19.0. The topological polar surface area (TPSA) is 108 Å². The Labute approximate surface area is 148 Å². The first-order chi connectivity index (χ1) is 12.3. The number of fused-ring (bicyclic) bond motifs is 1. The van der Waals surface area contributed by atoms with Crippen molar-refractivity contribution in [2.24, 2.45) is 25.9 Å². The summed E-state index contributed by atoms with van der Waals surface area (Å²) in [5, 5.41) is 0. The number of ether oxygens (including phenoxy) is 1. The average molecular weight is 361 g/mol. The van der Waals surface area contributed by atoms with Crippen LogP contribution in [-0.2, 0) is 39.8 Å². The molecule has 2 unspecified atom stereocenters. The Balaban J connectivity index is 1.65. The summed E-state index contributed by atoms with van der Waals surface area (Å²) in [5.74, 6) is -2.30. The van der Waals surface area contributed by atoms with Crippen LogP contribution in [0.4, 0.5) is 0 Å². The lowest BCUT2D eigenvalue weighted by Gasteiger charge is -2.14. The van der Waals surface area contributed by atoms with Crippen molar-refractivity contribution in [2.45, 2.75) is 19.4 Å². The molecule has 0 saturated carbocycles. The van der Waals surface area contributed by atoms with Gasteiger partial charge in [0.05, 0.1) is 17.5 Å². The van der Waals surface area contributed by atoms with Gasteiger partial charge in [0.2, 0.25) is 11.8 Å². The molecule has 2 amide bonds. The Morgan fingerprint density at radius 2 is 1.62 bits per heavy atom. The van der Waals surface area contributed by atoms with Crippen molar-refractivity contribution in [3.05, 3.63) is 44.8 Å². The van der Waals surface area contributed by atoms with Gasteiger partial charge in [-0.3, -0.25) is 33.2 Å². The van der Waals surface area contributed by atoms with Crippen molar-refractivity contribution in [3.8, 4) is 0 Å². The van der Waals surface area contributed by atoms with Crippen LogP contribution in [0.3, 0.4) is 0 Å². The van der Waals surface area contributed by atoms with Gasteiger partial charge in [0.15, 0.2) is 0 Å². The molecule has 1 fully saturated rings. The van der Waals surface area contributed by atoms with Gasteiger partial charge in [-0.25, -0.2) is 4.79 Å². The molecule has 0 N–H and O–H groups in total. The van der Waals surface area contributed by atoms with Gasteiger partial charge in [-0.1, -0.05) is 12.2 Å². The van der Waals surface area contributed by atoms with Gasteiger partial charge in [-0.2, -0.15) is 0 Å². The van der Waals surface area contributed by atoms with Crippen molar-refractivity contribution < 1.29 is 19.1 Å². The van der Waals surface area contributed by atoms with Crippen LogP contribution in [0, 0.1) is 11.8 Å². The number of carbonyl (C=O) groups excluding carboxylic acids is 3. The molecule has 138 valence electrons. The van der Waals surface area contributed by atoms with E-state index in [0.717, 1.165) is 9.47 Å². The summed E-state index contributed by atoms with van der Waals surface area (Å²) >= 11 is 0. The molecule has 0 radical (unpaired) electrons. The molecule has 2 heterocycles. The fraction of sp³-hybridized carbons (Fsp3) is 0.471. The van der Waals surface area contributed by atoms with Crippen LogP contribution in [0.1, 0.15) is 18.5 Å². The number of likely N-dealkylation sites (tertiary alicyclic amines) is 1. The highest BCUT2D eigenvalue weighted by molar-refractivity contribution is 6.07. The van der Waals surface area contributed by atoms with E-state index in [-0.39, 0.29) is 24.1 Å². The normalized spacial score (nSPS) is 21.8. The van der Waals surface area contributed by atoms with Gasteiger partial charge in [-0.15, -0.1) is 0 Å². The third kappa shape index (κ3) is 3.00. The number of carbonyl (C=O) groups is 3. The van der Waals surface area contributed by atoms with E-state index in [4.69, 9.17) is 4.74 Å². The first kappa shape index (κ1) is 17.8. The largest absolute Gasteiger partial charge is 0.458 e. The lowest BCUT2D eigenvalue weighted by Crippen LogP contribution is -2.39. The summed E-state index contributed by atoms with van der Waals surface area (Å²) in [5.41, 5.74) is -0.825. The van der Waals surface area contributed by atoms with Crippen LogP contribution in [-0.4, -0.2) is 38.4 Å². The number of imide groups is 1. The van der Waals surface area contributed by atoms with Gasteiger partial charge < -0.3 is 4.74 Å². The quantitative estimate of drug-likeness (QED) is 0.390. The van der Waals surface area contributed by atoms with E-state index in [2.05, 4.69) is 0 Å². The molecule has 1 saturated heterocycles. The molecule has 26 heavy (non-hydrogen) atoms. The minimum atomic E-state index is -0.772. The molecule has 0 aromatic carbocycles. The van der Waals surface area contributed by atoms with E-state index < -0.39 is 35.6 Å². The van der Waals surface area contributed by atoms with Gasteiger partial charge in [0, 0.05) is 20.2 Å². The van der Waals surface area contributed by atoms with Crippen molar-refractivity contribution in [1.82, 2.24) is 14.0 Å². The van der Waals surface area contributed by atoms with Crippen LogP contribution in [0.5, 0.6) is 0 Å². The van der Waals surface area contributed by atoms with Gasteiger partial charge in [-0.05, 0) is 12.8 Å². The molecule has 2 atom stereocenters. The third-order valence-electron chi connectivity index (χ3n) is 4.89. The second-order valence-electron chi connectivity index (χ2n) is 6.45. The molecule has 1 aliphatic carbocycles. The number of hydrogen-bond donors (Lipinski definition) is 0. The van der Waals surface area contributed by atoms with Crippen molar-refractivity contribution in [3.63, 3.8) is 0 Å². The van der Waals surface area contributed by atoms with Crippen molar-refractivity contribution in [2.75, 3.05) is 6.54 Å². The summed E-state index contributed by atoms with van der Waals surface area (Å²) in [4.78, 5) is 61.1. The molecule has 0 spiro atoms. The second kappa shape index (κ2) is 6.74. The van der Waals surface area contributed by atoms with Crippen molar-refractivity contribution >= 4 is 17.8 Å². The number of amides is 2. The van der Waals surface area contributed by atoms with E-state index in [1.807, 2.05) is 12.2 Å². The zero-order valence-corrected chi connectivity index (χ0v) is 14.5. The van der Waals surface area contributed by atoms with E-state index in [9.17, 15) is 24.0 Å². The van der Waals surface area contributed by atoms with Crippen molar-refractivity contribution in [1.29, 1.82) is 0 Å². The first-order valence-corrected chi connectivity index (χ1v) is 8.23. The molecule has 9 nitrogen and oxygen atoms in total. The third-order valence-corrected chi connectivity index (χ3v) is 4.89. The molecule has 2 aliphatic rings. The summed E-state index contributed by atoms with van der Waals surface area (Å²) < 4.78 is 7.19. The predicted octanol–water partition coefficient (Wildman–Crippen LogP) is -0.922. The highest BCUT2D eigenvalue weighted by atomic mass is 16.5. The van der Waals surface area contributed by atoms with Gasteiger partial charge in [0.25, 0.3) is 5.56 Å². The maximum absolute atomic E-state index is 12.3. The Morgan fingerprint density at radius 1 is 1.04 bits per heavy atom. The molecule has 1 aromatic heterocycles. The summed E-state index contributed by atoms with van der Waals surface area (Å²) in [6.45, 7) is -0.769. The molecule has 1 aromatic rings. The fourth-order valence-corrected chi connectivity index (χ4v) is 3.27. The molecular weight excluding hydrogens is 342 g/mol. The predicted molar refractivity (Wildman–Crippen MR) is 88.8 cm³/mol. The standard InChI is InChI=1S/C17H19N3O6/c1-18-10(7-13(21)19(2)17(18)25)9-26-14(22)8-20-15(23)11-5-3-4-6-12(11)16(20)24/h3-4,7,11-12H,5-6,8-9H2,1-2H3. The summed E-state index contributed by atoms with van der Waals surface area (Å²) in [7, 11) is 2.80. The highest BCUT2D eigenvalue weighted by Gasteiger charge is 2.47. The fourth-order valence-electron chi connectivity index (χ4n) is 3.27. The van der Waals surface area contributed by atoms with Gasteiger partial charge >= 0.3 is 11.7 Å². The molecule has 9 heteroatoms. The minimum Gasteiger partial charge on any atom is -0.458 e. The second-order valence-corrected chi connectivity index (χ2v) is 6.45. The number of nitrogens with zero attached hydrogens (tertiary/aromatic N) is 3. The van der Waals surface area contributed by atoms with Crippen LogP contribution >= 0.6 is 0 Å². The Hall–Kier alpha value is -2.97. The van der Waals surface area contributed by atoms with Crippen LogP contribution in [0.25, 0.3) is 0 Å². The maximum Gasteiger partial charge on any atom is 0.330 e. The van der Waals surface area contributed by atoms with Crippen LogP contribution in [0.15, 0.2) is 27.8 Å². The number of hydrogen-bond acceptors (Lipinski definition) is 6. The Bertz CT molecular complexity index is 899. The lowest BCUT2D eigenvalue weighted by molar-refractivity contribution is -0.154. The van der Waals surface area contributed by atoms with E-state index in [1.165, 1.54) is 24.7 Å². The van der Waals surface area contributed by atoms with Gasteiger partial charge in [0.1, 0.15) is 13.2 Å². The van der Waals surface area contributed by atoms with E-state index >= 15 is 0 Å². The smallest absolute Gasteiger partial charge is 0.330 e. The van der Waals surface area contributed by atoms with E-state index in [0.29, 0.717) is 12.8 Å². The Kier molecular flexibility index (Phi) is 4.62. The summed E-state index contributed by atoms with van der Waals surface area (Å²) in [6, 6.07) is 1.20.